The van der Waals surface area contributed by atoms with Crippen molar-refractivity contribution in [3.8, 4) is 0 Å². The minimum atomic E-state index is -2.95. The van der Waals surface area contributed by atoms with Gasteiger partial charge in [-0.2, -0.15) is 0 Å². The molecule has 0 radical (unpaired) electrons. The second-order valence-electron chi connectivity index (χ2n) is 4.77. The molecule has 0 saturated carbocycles. The maximum atomic E-state index is 13.0. The van der Waals surface area contributed by atoms with Crippen molar-refractivity contribution in [1.82, 2.24) is 0 Å². The Kier molecular flexibility index (Phi) is 7.99. The zero-order valence-corrected chi connectivity index (χ0v) is 13.4. The summed E-state index contributed by atoms with van der Waals surface area (Å²) < 4.78 is 23.8. The van der Waals surface area contributed by atoms with Gasteiger partial charge in [-0.05, 0) is 50.8 Å². The summed E-state index contributed by atoms with van der Waals surface area (Å²) in [4.78, 5) is 10.2. The lowest BCUT2D eigenvalue weighted by atomic mass is 10.1. The largest absolute Gasteiger partial charge is 0.498 e. The molecule has 20 heavy (non-hydrogen) atoms. The molecule has 0 bridgehead atoms. The third kappa shape index (κ3) is 6.61. The van der Waals surface area contributed by atoms with Crippen molar-refractivity contribution < 1.29 is 18.0 Å². The van der Waals surface area contributed by atoms with Gasteiger partial charge in [0, 0.05) is 19.3 Å². The summed E-state index contributed by atoms with van der Waals surface area (Å²) in [6.07, 6.45) is 3.69. The smallest absolute Gasteiger partial charge is 0.390 e. The first-order chi connectivity index (χ1) is 9.59. The number of hydrogen-bond donors (Lipinski definition) is 1. The van der Waals surface area contributed by atoms with Crippen molar-refractivity contribution in [2.45, 2.75) is 45.6 Å². The third-order valence-electron chi connectivity index (χ3n) is 3.09. The van der Waals surface area contributed by atoms with Crippen molar-refractivity contribution in [2.75, 3.05) is 13.2 Å². The molecule has 0 saturated heterocycles. The predicted octanol–water partition coefficient (Wildman–Crippen LogP) is 3.54. The first-order valence-electron chi connectivity index (χ1n) is 7.34. The Morgan fingerprint density at radius 2 is 1.80 bits per heavy atom. The summed E-state index contributed by atoms with van der Waals surface area (Å²) in [5.41, 5.74) is 1.02. The van der Waals surface area contributed by atoms with Gasteiger partial charge in [0.15, 0.2) is 0 Å². The fraction of sp³-hybridized carbons (Fsp3) is 0.600. The molecule has 1 N–H and O–H groups in total. The average molecular weight is 300 g/mol. The SMILES string of the molecule is CCO[Si](O)(CCCCCc1cccc(F)c1)OCC. The molecule has 3 nitrogen and oxygen atoms in total. The van der Waals surface area contributed by atoms with E-state index in [4.69, 9.17) is 8.85 Å². The quantitative estimate of drug-likeness (QED) is 0.530. The summed E-state index contributed by atoms with van der Waals surface area (Å²) in [7, 11) is -2.95. The van der Waals surface area contributed by atoms with E-state index >= 15 is 0 Å². The van der Waals surface area contributed by atoms with Crippen LogP contribution in [0.2, 0.25) is 6.04 Å². The highest BCUT2D eigenvalue weighted by atomic mass is 28.4. The fourth-order valence-electron chi connectivity index (χ4n) is 2.18. The van der Waals surface area contributed by atoms with Crippen molar-refractivity contribution in [2.24, 2.45) is 0 Å². The predicted molar refractivity (Wildman–Crippen MR) is 80.0 cm³/mol. The lowest BCUT2D eigenvalue weighted by Crippen LogP contribution is -2.42. The van der Waals surface area contributed by atoms with E-state index in [0.29, 0.717) is 19.3 Å². The maximum absolute atomic E-state index is 13.0. The van der Waals surface area contributed by atoms with Crippen LogP contribution in [-0.2, 0) is 15.3 Å². The molecule has 1 aromatic carbocycles. The molecule has 1 rings (SSSR count). The van der Waals surface area contributed by atoms with E-state index in [-0.39, 0.29) is 5.82 Å². The van der Waals surface area contributed by atoms with E-state index in [1.54, 1.807) is 12.1 Å². The highest BCUT2D eigenvalue weighted by Gasteiger charge is 2.35. The number of rotatable bonds is 10. The molecule has 0 atom stereocenters. The van der Waals surface area contributed by atoms with E-state index in [1.807, 2.05) is 19.9 Å². The van der Waals surface area contributed by atoms with Crippen LogP contribution in [0.4, 0.5) is 4.39 Å². The normalized spacial score (nSPS) is 11.8. The van der Waals surface area contributed by atoms with Crippen molar-refractivity contribution in [3.05, 3.63) is 35.6 Å². The minimum Gasteiger partial charge on any atom is -0.390 e. The zero-order valence-electron chi connectivity index (χ0n) is 12.4. The van der Waals surface area contributed by atoms with Crippen molar-refractivity contribution in [1.29, 1.82) is 0 Å². The van der Waals surface area contributed by atoms with Crippen LogP contribution in [0.5, 0.6) is 0 Å². The maximum Gasteiger partial charge on any atom is 0.498 e. The molecule has 0 aromatic heterocycles. The van der Waals surface area contributed by atoms with E-state index in [1.165, 1.54) is 6.07 Å². The molecule has 0 spiro atoms. The Hall–Kier alpha value is -0.753. The number of benzene rings is 1. The van der Waals surface area contributed by atoms with Crippen LogP contribution in [0.3, 0.4) is 0 Å². The molecular formula is C15H25FO3Si. The first kappa shape index (κ1) is 17.3. The minimum absolute atomic E-state index is 0.183. The molecule has 0 aliphatic heterocycles. The molecule has 0 aliphatic rings. The van der Waals surface area contributed by atoms with Gasteiger partial charge in [-0.3, -0.25) is 0 Å². The number of aryl methyl sites for hydroxylation is 1. The molecule has 114 valence electrons. The van der Waals surface area contributed by atoms with E-state index < -0.39 is 8.80 Å². The van der Waals surface area contributed by atoms with Crippen LogP contribution < -0.4 is 0 Å². The summed E-state index contributed by atoms with van der Waals surface area (Å²) in [5, 5.41) is 0. The Bertz CT molecular complexity index is 381. The van der Waals surface area contributed by atoms with Crippen LogP contribution in [-0.4, -0.2) is 26.8 Å². The van der Waals surface area contributed by atoms with Gasteiger partial charge in [0.2, 0.25) is 0 Å². The van der Waals surface area contributed by atoms with Gasteiger partial charge in [0.05, 0.1) is 0 Å². The van der Waals surface area contributed by atoms with Crippen LogP contribution in [0, 0.1) is 5.82 Å². The molecule has 0 heterocycles. The molecule has 5 heteroatoms. The number of unbranched alkanes of at least 4 members (excludes halogenated alkanes) is 2. The van der Waals surface area contributed by atoms with Crippen LogP contribution in [0.25, 0.3) is 0 Å². The van der Waals surface area contributed by atoms with Gasteiger partial charge in [0.1, 0.15) is 5.82 Å². The van der Waals surface area contributed by atoms with E-state index in [2.05, 4.69) is 0 Å². The molecule has 0 aliphatic carbocycles. The van der Waals surface area contributed by atoms with Crippen molar-refractivity contribution >= 4 is 8.80 Å². The van der Waals surface area contributed by atoms with Crippen LogP contribution in [0.15, 0.2) is 24.3 Å². The van der Waals surface area contributed by atoms with Gasteiger partial charge in [0.25, 0.3) is 0 Å². The summed E-state index contributed by atoms with van der Waals surface area (Å²) in [6, 6.07) is 7.30. The van der Waals surface area contributed by atoms with E-state index in [0.717, 1.165) is 31.2 Å². The molecule has 0 unspecified atom stereocenters. The van der Waals surface area contributed by atoms with E-state index in [9.17, 15) is 9.19 Å². The Morgan fingerprint density at radius 1 is 1.10 bits per heavy atom. The number of hydrogen-bond acceptors (Lipinski definition) is 3. The monoisotopic (exact) mass is 300 g/mol. The summed E-state index contributed by atoms with van der Waals surface area (Å²) >= 11 is 0. The molecule has 1 aromatic rings. The second kappa shape index (κ2) is 9.23. The van der Waals surface area contributed by atoms with Crippen LogP contribution in [0.1, 0.15) is 38.7 Å². The van der Waals surface area contributed by atoms with Gasteiger partial charge >= 0.3 is 8.80 Å². The first-order valence-corrected chi connectivity index (χ1v) is 9.31. The zero-order chi connectivity index (χ0) is 14.8. The Labute approximate surface area is 122 Å². The highest BCUT2D eigenvalue weighted by Crippen LogP contribution is 2.16. The van der Waals surface area contributed by atoms with Gasteiger partial charge in [-0.1, -0.05) is 18.6 Å². The average Bonchev–Trinajstić information content (AvgIpc) is 2.39. The fourth-order valence-corrected chi connectivity index (χ4v) is 4.15. The second-order valence-corrected chi connectivity index (χ2v) is 7.27. The lowest BCUT2D eigenvalue weighted by molar-refractivity contribution is 0.107. The Morgan fingerprint density at radius 3 is 2.40 bits per heavy atom. The topological polar surface area (TPSA) is 38.7 Å². The van der Waals surface area contributed by atoms with Gasteiger partial charge < -0.3 is 13.6 Å². The molecule has 0 fully saturated rings. The third-order valence-corrected chi connectivity index (χ3v) is 5.55. The Balaban J connectivity index is 2.23. The lowest BCUT2D eigenvalue weighted by Gasteiger charge is -2.22. The van der Waals surface area contributed by atoms with Gasteiger partial charge in [-0.15, -0.1) is 0 Å². The van der Waals surface area contributed by atoms with Gasteiger partial charge in [-0.25, -0.2) is 4.39 Å². The summed E-state index contributed by atoms with van der Waals surface area (Å²) in [5.74, 6) is -0.183. The molecular weight excluding hydrogens is 275 g/mol. The number of halogens is 1. The summed E-state index contributed by atoms with van der Waals surface area (Å²) in [6.45, 7) is 4.68. The highest BCUT2D eigenvalue weighted by molar-refractivity contribution is 6.59. The van der Waals surface area contributed by atoms with Crippen LogP contribution >= 0.6 is 0 Å². The standard InChI is InChI=1S/C15H25FO3Si/c1-3-18-20(17,19-4-2)12-7-5-6-9-14-10-8-11-15(16)13-14/h8,10-11,13,17H,3-7,9,12H2,1-2H3. The van der Waals surface area contributed by atoms with Crippen molar-refractivity contribution in [3.63, 3.8) is 0 Å². The molecule has 0 amide bonds.